The predicted molar refractivity (Wildman–Crippen MR) is 161 cm³/mol. The van der Waals surface area contributed by atoms with Crippen molar-refractivity contribution in [3.63, 3.8) is 0 Å². The first kappa shape index (κ1) is 38.3. The van der Waals surface area contributed by atoms with E-state index in [1.54, 1.807) is 12.1 Å². The van der Waals surface area contributed by atoms with Crippen molar-refractivity contribution in [2.75, 3.05) is 47.5 Å². The molecule has 42 heavy (non-hydrogen) atoms. The van der Waals surface area contributed by atoms with Crippen LogP contribution in [-0.2, 0) is 39.1 Å². The molecule has 1 rings (SSSR count). The zero-order valence-corrected chi connectivity index (χ0v) is 27.4. The van der Waals surface area contributed by atoms with E-state index in [1.807, 2.05) is 21.1 Å². The fourth-order valence-corrected chi connectivity index (χ4v) is 4.95. The molecule has 0 amide bonds. The molecule has 0 aliphatic carbocycles. The minimum atomic E-state index is -4.63. The first-order valence-corrected chi connectivity index (χ1v) is 17.2. The molecule has 10 nitrogen and oxygen atoms in total. The van der Waals surface area contributed by atoms with Crippen LogP contribution >= 0.6 is 7.82 Å². The van der Waals surface area contributed by atoms with E-state index in [0.717, 1.165) is 19.3 Å². The Morgan fingerprint density at radius 2 is 1.45 bits per heavy atom. The van der Waals surface area contributed by atoms with Crippen molar-refractivity contribution in [3.05, 3.63) is 24.2 Å². The molecule has 0 aliphatic rings. The molecule has 0 spiro atoms. The number of carbonyl (C=O) groups excluding carboxylic acids is 2. The Bertz CT molecular complexity index is 870. The second-order valence-electron chi connectivity index (χ2n) is 12.0. The molecule has 0 aliphatic heterocycles. The van der Waals surface area contributed by atoms with Gasteiger partial charge in [-0.05, 0) is 18.6 Å². The van der Waals surface area contributed by atoms with Crippen molar-refractivity contribution in [1.29, 1.82) is 0 Å². The van der Waals surface area contributed by atoms with Crippen LogP contribution in [0.3, 0.4) is 0 Å². The number of hydrogen-bond donors (Lipinski definition) is 0. The minimum Gasteiger partial charge on any atom is -0.756 e. The molecule has 0 fully saturated rings. The summed E-state index contributed by atoms with van der Waals surface area (Å²) in [5.74, 6) is -0.378. The van der Waals surface area contributed by atoms with Crippen LogP contribution in [0.5, 0.6) is 0 Å². The van der Waals surface area contributed by atoms with Gasteiger partial charge in [0, 0.05) is 12.8 Å². The van der Waals surface area contributed by atoms with E-state index in [9.17, 15) is 19.0 Å². The molecule has 2 unspecified atom stereocenters. The van der Waals surface area contributed by atoms with E-state index in [4.69, 9.17) is 22.9 Å². The maximum absolute atomic E-state index is 12.4. The standard InChI is InChI=1S/C31H56NO9P/c1-5-6-7-8-9-10-11-12-13-14-15-16-17-20-30(33)38-26-29(41-31(34)22-21-28-19-18-24-37-28)27-40-42(35,36)39-25-23-32(2,3)4/h18-19,24,29H,5-17,20-23,25-27H2,1-4H3. The van der Waals surface area contributed by atoms with Gasteiger partial charge in [-0.2, -0.15) is 0 Å². The number of furan rings is 1. The van der Waals surface area contributed by atoms with Gasteiger partial charge in [0.05, 0.1) is 40.4 Å². The van der Waals surface area contributed by atoms with E-state index < -0.39 is 32.5 Å². The van der Waals surface area contributed by atoms with Crippen LogP contribution in [0, 0.1) is 0 Å². The number of hydrogen-bond acceptors (Lipinski definition) is 9. The summed E-state index contributed by atoms with van der Waals surface area (Å²) in [7, 11) is 1.09. The highest BCUT2D eigenvalue weighted by atomic mass is 31.2. The molecule has 1 aromatic heterocycles. The molecule has 0 saturated carbocycles. The maximum Gasteiger partial charge on any atom is 0.306 e. The number of phosphoric ester groups is 1. The zero-order valence-electron chi connectivity index (χ0n) is 26.5. The molecule has 0 aromatic carbocycles. The van der Waals surface area contributed by atoms with E-state index in [2.05, 4.69) is 6.92 Å². The predicted octanol–water partition coefficient (Wildman–Crippen LogP) is 6.36. The van der Waals surface area contributed by atoms with Gasteiger partial charge in [0.2, 0.25) is 0 Å². The van der Waals surface area contributed by atoms with Crippen molar-refractivity contribution < 1.29 is 46.5 Å². The van der Waals surface area contributed by atoms with Crippen LogP contribution in [0.15, 0.2) is 22.8 Å². The van der Waals surface area contributed by atoms with Gasteiger partial charge in [0.25, 0.3) is 7.82 Å². The van der Waals surface area contributed by atoms with Gasteiger partial charge >= 0.3 is 11.9 Å². The van der Waals surface area contributed by atoms with E-state index >= 15 is 0 Å². The van der Waals surface area contributed by atoms with Crippen molar-refractivity contribution in [1.82, 2.24) is 0 Å². The second kappa shape index (κ2) is 22.8. The number of nitrogens with zero attached hydrogens (tertiary/aromatic N) is 1. The summed E-state index contributed by atoms with van der Waals surface area (Å²) < 4.78 is 38.5. The fraction of sp³-hybridized carbons (Fsp3) is 0.806. The number of rotatable bonds is 27. The van der Waals surface area contributed by atoms with Crippen LogP contribution in [0.2, 0.25) is 0 Å². The van der Waals surface area contributed by atoms with Crippen molar-refractivity contribution in [3.8, 4) is 0 Å². The number of esters is 2. The van der Waals surface area contributed by atoms with Crippen molar-refractivity contribution in [2.24, 2.45) is 0 Å². The molecule has 11 heteroatoms. The summed E-state index contributed by atoms with van der Waals surface area (Å²) in [5.41, 5.74) is 0. The summed E-state index contributed by atoms with van der Waals surface area (Å²) in [5, 5.41) is 0. The molecular weight excluding hydrogens is 561 g/mol. The van der Waals surface area contributed by atoms with Gasteiger partial charge < -0.3 is 32.3 Å². The first-order valence-electron chi connectivity index (χ1n) is 15.8. The normalized spacial score (nSPS) is 13.9. The smallest absolute Gasteiger partial charge is 0.306 e. The van der Waals surface area contributed by atoms with Crippen LogP contribution in [0.1, 0.15) is 109 Å². The van der Waals surface area contributed by atoms with Crippen LogP contribution in [0.4, 0.5) is 0 Å². The molecule has 244 valence electrons. The zero-order chi connectivity index (χ0) is 31.1. The van der Waals surface area contributed by atoms with E-state index in [-0.39, 0.29) is 26.1 Å². The lowest BCUT2D eigenvalue weighted by Crippen LogP contribution is -2.37. The Labute approximate surface area is 253 Å². The molecule has 0 N–H and O–H groups in total. The highest BCUT2D eigenvalue weighted by Gasteiger charge is 2.22. The number of likely N-dealkylation sites (N-methyl/N-ethyl adjacent to an activating group) is 1. The summed E-state index contributed by atoms with van der Waals surface area (Å²) >= 11 is 0. The van der Waals surface area contributed by atoms with Gasteiger partial charge in [-0.3, -0.25) is 14.2 Å². The lowest BCUT2D eigenvalue weighted by Gasteiger charge is -2.28. The van der Waals surface area contributed by atoms with Gasteiger partial charge in [-0.25, -0.2) is 0 Å². The highest BCUT2D eigenvalue weighted by molar-refractivity contribution is 7.45. The monoisotopic (exact) mass is 617 g/mol. The van der Waals surface area contributed by atoms with Crippen molar-refractivity contribution in [2.45, 2.75) is 116 Å². The molecule has 0 saturated heterocycles. The summed E-state index contributed by atoms with van der Waals surface area (Å²) in [4.78, 5) is 36.9. The van der Waals surface area contributed by atoms with E-state index in [1.165, 1.54) is 70.5 Å². The van der Waals surface area contributed by atoms with Gasteiger partial charge in [-0.1, -0.05) is 84.0 Å². The van der Waals surface area contributed by atoms with E-state index in [0.29, 0.717) is 23.2 Å². The third-order valence-electron chi connectivity index (χ3n) is 6.80. The Morgan fingerprint density at radius 1 is 0.857 bits per heavy atom. The lowest BCUT2D eigenvalue weighted by atomic mass is 10.0. The summed E-state index contributed by atoms with van der Waals surface area (Å²) in [6.07, 6.45) is 16.8. The molecule has 1 heterocycles. The number of ether oxygens (including phenoxy) is 2. The Morgan fingerprint density at radius 3 is 2.00 bits per heavy atom. The largest absolute Gasteiger partial charge is 0.756 e. The molecule has 2 atom stereocenters. The van der Waals surface area contributed by atoms with Crippen LogP contribution in [-0.4, -0.2) is 70.0 Å². The average Bonchev–Trinajstić information content (AvgIpc) is 3.44. The minimum absolute atomic E-state index is 0.0198. The van der Waals surface area contributed by atoms with Crippen molar-refractivity contribution >= 4 is 19.8 Å². The maximum atomic E-state index is 12.4. The van der Waals surface area contributed by atoms with Crippen LogP contribution in [0.25, 0.3) is 0 Å². The summed E-state index contributed by atoms with van der Waals surface area (Å²) in [6.45, 7) is 1.83. The Hall–Kier alpha value is -1.71. The number of quaternary nitrogens is 1. The molecule has 0 bridgehead atoms. The van der Waals surface area contributed by atoms with Gasteiger partial charge in [0.1, 0.15) is 25.5 Å². The quantitative estimate of drug-likeness (QED) is 0.0480. The molecule has 1 aromatic rings. The molecular formula is C31H56NO9P. The summed E-state index contributed by atoms with van der Waals surface area (Å²) in [6, 6.07) is 3.46. The number of aryl methyl sites for hydroxylation is 1. The SMILES string of the molecule is CCCCCCCCCCCCCCCC(=O)OCC(COP(=O)([O-])OCC[N+](C)(C)C)OC(=O)CCc1ccco1. The topological polar surface area (TPSA) is 124 Å². The third-order valence-corrected chi connectivity index (χ3v) is 7.76. The number of unbranched alkanes of at least 4 members (excludes halogenated alkanes) is 12. The Balaban J connectivity index is 2.33. The Kier molecular flexibility index (Phi) is 20.8. The molecule has 0 radical (unpaired) electrons. The second-order valence-corrected chi connectivity index (χ2v) is 13.4. The van der Waals surface area contributed by atoms with Gasteiger partial charge in [-0.15, -0.1) is 0 Å². The number of carbonyl (C=O) groups is 2. The first-order chi connectivity index (χ1) is 20.0. The average molecular weight is 618 g/mol. The number of phosphoric acid groups is 1. The third kappa shape index (κ3) is 22.8. The fourth-order valence-electron chi connectivity index (χ4n) is 4.22. The van der Waals surface area contributed by atoms with Crippen LogP contribution < -0.4 is 4.89 Å². The highest BCUT2D eigenvalue weighted by Crippen LogP contribution is 2.38. The lowest BCUT2D eigenvalue weighted by molar-refractivity contribution is -0.870. The van der Waals surface area contributed by atoms with Gasteiger partial charge in [0.15, 0.2) is 6.10 Å².